The normalized spacial score (nSPS) is 15.8. The monoisotopic (exact) mass is 395 g/mol. The van der Waals surface area contributed by atoms with Crippen molar-refractivity contribution in [3.8, 4) is 0 Å². The minimum atomic E-state index is -0.375. The first-order valence-electron chi connectivity index (χ1n) is 10.2. The highest BCUT2D eigenvalue weighted by atomic mass is 16.6. The number of nitrogens with one attached hydrogen (secondary N) is 2. The zero-order valence-electron chi connectivity index (χ0n) is 16.9. The summed E-state index contributed by atoms with van der Waals surface area (Å²) in [4.78, 5) is 17.7. The topological polar surface area (TPSA) is 82.8 Å². The van der Waals surface area contributed by atoms with Crippen molar-refractivity contribution in [2.45, 2.75) is 38.9 Å². The molecule has 1 saturated heterocycles. The minimum absolute atomic E-state index is 0.0986. The lowest BCUT2D eigenvalue weighted by Gasteiger charge is -2.33. The van der Waals surface area contributed by atoms with Gasteiger partial charge in [0.05, 0.1) is 11.5 Å². The van der Waals surface area contributed by atoms with E-state index in [1.165, 1.54) is 11.6 Å². The van der Waals surface area contributed by atoms with E-state index in [0.29, 0.717) is 12.6 Å². The summed E-state index contributed by atoms with van der Waals surface area (Å²) in [7, 11) is 0. The molecule has 2 aromatic carbocycles. The number of aliphatic imine (C=N–C) groups is 1. The number of piperidine rings is 1. The Hall–Kier alpha value is -2.93. The van der Waals surface area contributed by atoms with Crippen LogP contribution in [-0.2, 0) is 13.1 Å². The van der Waals surface area contributed by atoms with Gasteiger partial charge in [-0.15, -0.1) is 0 Å². The Labute approximate surface area is 172 Å². The molecular formula is C22H29N5O2. The molecule has 7 heteroatoms. The summed E-state index contributed by atoms with van der Waals surface area (Å²) in [6, 6.07) is 17.6. The predicted octanol–water partition coefficient (Wildman–Crippen LogP) is 3.31. The number of hydrogen-bond donors (Lipinski definition) is 2. The second-order valence-electron chi connectivity index (χ2n) is 7.30. The molecule has 0 amide bonds. The Kier molecular flexibility index (Phi) is 7.58. The number of hydrogen-bond acceptors (Lipinski definition) is 4. The summed E-state index contributed by atoms with van der Waals surface area (Å²) in [5.74, 6) is 0.764. The minimum Gasteiger partial charge on any atom is -0.357 e. The molecule has 0 atom stereocenters. The van der Waals surface area contributed by atoms with Crippen molar-refractivity contribution in [1.29, 1.82) is 0 Å². The van der Waals surface area contributed by atoms with E-state index in [2.05, 4.69) is 50.9 Å². The van der Waals surface area contributed by atoms with E-state index in [-0.39, 0.29) is 10.6 Å². The highest BCUT2D eigenvalue weighted by Crippen LogP contribution is 2.15. The first kappa shape index (κ1) is 20.8. The van der Waals surface area contributed by atoms with Crippen LogP contribution >= 0.6 is 0 Å². The molecule has 0 aliphatic carbocycles. The lowest BCUT2D eigenvalue weighted by molar-refractivity contribution is -0.384. The molecule has 1 aliphatic rings. The number of benzene rings is 2. The summed E-state index contributed by atoms with van der Waals surface area (Å²) in [5, 5.41) is 17.7. The number of rotatable bonds is 7. The maximum Gasteiger partial charge on any atom is 0.269 e. The van der Waals surface area contributed by atoms with Gasteiger partial charge in [0.2, 0.25) is 0 Å². The quantitative estimate of drug-likeness (QED) is 0.325. The second-order valence-corrected chi connectivity index (χ2v) is 7.30. The smallest absolute Gasteiger partial charge is 0.269 e. The third kappa shape index (κ3) is 6.57. The van der Waals surface area contributed by atoms with Gasteiger partial charge in [-0.1, -0.05) is 42.5 Å². The van der Waals surface area contributed by atoms with Crippen LogP contribution in [0.5, 0.6) is 0 Å². The van der Waals surface area contributed by atoms with Gasteiger partial charge in [0, 0.05) is 44.4 Å². The number of guanidine groups is 1. The van der Waals surface area contributed by atoms with Crippen molar-refractivity contribution >= 4 is 11.6 Å². The lowest BCUT2D eigenvalue weighted by atomic mass is 10.0. The number of nitro groups is 1. The van der Waals surface area contributed by atoms with Crippen molar-refractivity contribution in [2.75, 3.05) is 19.6 Å². The average molecular weight is 396 g/mol. The molecule has 0 saturated carbocycles. The molecule has 1 heterocycles. The number of nitro benzene ring substituents is 1. The van der Waals surface area contributed by atoms with Crippen LogP contribution in [0.1, 0.15) is 30.9 Å². The second kappa shape index (κ2) is 10.6. The van der Waals surface area contributed by atoms with E-state index < -0.39 is 0 Å². The van der Waals surface area contributed by atoms with Gasteiger partial charge >= 0.3 is 0 Å². The zero-order valence-corrected chi connectivity index (χ0v) is 16.9. The lowest BCUT2D eigenvalue weighted by Crippen LogP contribution is -2.48. The van der Waals surface area contributed by atoms with Crippen molar-refractivity contribution in [3.63, 3.8) is 0 Å². The van der Waals surface area contributed by atoms with Gasteiger partial charge in [-0.25, -0.2) is 4.99 Å². The Morgan fingerprint density at radius 2 is 1.86 bits per heavy atom. The molecule has 3 rings (SSSR count). The van der Waals surface area contributed by atoms with Gasteiger partial charge < -0.3 is 10.6 Å². The molecule has 0 aromatic heterocycles. The maximum atomic E-state index is 10.9. The average Bonchev–Trinajstić information content (AvgIpc) is 2.74. The number of likely N-dealkylation sites (tertiary alicyclic amines) is 1. The van der Waals surface area contributed by atoms with E-state index >= 15 is 0 Å². The Bertz CT molecular complexity index is 817. The molecule has 0 radical (unpaired) electrons. The molecule has 2 aromatic rings. The SMILES string of the molecule is CCNC(=NCc1cccc([N+](=O)[O-])c1)NC1CCN(Cc2ccccc2)CC1. The largest absolute Gasteiger partial charge is 0.357 e. The maximum absolute atomic E-state index is 10.9. The molecule has 1 fully saturated rings. The van der Waals surface area contributed by atoms with Gasteiger partial charge in [-0.2, -0.15) is 0 Å². The Morgan fingerprint density at radius 1 is 1.14 bits per heavy atom. The molecule has 154 valence electrons. The van der Waals surface area contributed by atoms with Crippen LogP contribution in [0.15, 0.2) is 59.6 Å². The number of nitrogens with zero attached hydrogens (tertiary/aromatic N) is 3. The van der Waals surface area contributed by atoms with Crippen molar-refractivity contribution in [1.82, 2.24) is 15.5 Å². The third-order valence-electron chi connectivity index (χ3n) is 5.06. The van der Waals surface area contributed by atoms with E-state index in [0.717, 1.165) is 50.5 Å². The number of non-ortho nitro benzene ring substituents is 1. The first-order chi connectivity index (χ1) is 14.1. The van der Waals surface area contributed by atoms with E-state index in [1.807, 2.05) is 13.0 Å². The van der Waals surface area contributed by atoms with Crippen LogP contribution in [0.3, 0.4) is 0 Å². The van der Waals surface area contributed by atoms with Crippen LogP contribution in [0.2, 0.25) is 0 Å². The summed E-state index contributed by atoms with van der Waals surface area (Å²) < 4.78 is 0. The molecule has 2 N–H and O–H groups in total. The third-order valence-corrected chi connectivity index (χ3v) is 5.06. The molecule has 0 bridgehead atoms. The summed E-state index contributed by atoms with van der Waals surface area (Å²) in [6.45, 7) is 6.31. The van der Waals surface area contributed by atoms with Crippen molar-refractivity contribution < 1.29 is 4.92 Å². The molecule has 29 heavy (non-hydrogen) atoms. The standard InChI is InChI=1S/C22H29N5O2/c1-2-23-22(24-16-19-9-6-10-21(15-19)27(28)29)25-20-11-13-26(14-12-20)17-18-7-4-3-5-8-18/h3-10,15,20H,2,11-14,16-17H2,1H3,(H2,23,24,25). The van der Waals surface area contributed by atoms with Crippen LogP contribution in [0.25, 0.3) is 0 Å². The van der Waals surface area contributed by atoms with E-state index in [1.54, 1.807) is 12.1 Å². The molecule has 1 aliphatic heterocycles. The summed E-state index contributed by atoms with van der Waals surface area (Å²) in [5.41, 5.74) is 2.28. The molecule has 7 nitrogen and oxygen atoms in total. The molecular weight excluding hydrogens is 366 g/mol. The highest BCUT2D eigenvalue weighted by Gasteiger charge is 2.20. The van der Waals surface area contributed by atoms with Crippen LogP contribution < -0.4 is 10.6 Å². The van der Waals surface area contributed by atoms with Gasteiger partial charge in [0.1, 0.15) is 0 Å². The van der Waals surface area contributed by atoms with E-state index in [9.17, 15) is 10.1 Å². The fourth-order valence-corrected chi connectivity index (χ4v) is 3.53. The van der Waals surface area contributed by atoms with Gasteiger partial charge in [0.25, 0.3) is 5.69 Å². The highest BCUT2D eigenvalue weighted by molar-refractivity contribution is 5.80. The van der Waals surface area contributed by atoms with Crippen molar-refractivity contribution in [2.24, 2.45) is 4.99 Å². The fourth-order valence-electron chi connectivity index (χ4n) is 3.53. The Balaban J connectivity index is 1.52. The van der Waals surface area contributed by atoms with Gasteiger partial charge in [-0.3, -0.25) is 15.0 Å². The van der Waals surface area contributed by atoms with Gasteiger partial charge in [0.15, 0.2) is 5.96 Å². The van der Waals surface area contributed by atoms with Crippen LogP contribution in [0.4, 0.5) is 5.69 Å². The molecule has 0 unspecified atom stereocenters. The van der Waals surface area contributed by atoms with Gasteiger partial charge in [-0.05, 0) is 30.9 Å². The molecule has 0 spiro atoms. The predicted molar refractivity (Wildman–Crippen MR) is 116 cm³/mol. The Morgan fingerprint density at radius 3 is 2.55 bits per heavy atom. The van der Waals surface area contributed by atoms with Crippen molar-refractivity contribution in [3.05, 3.63) is 75.8 Å². The first-order valence-corrected chi connectivity index (χ1v) is 10.2. The van der Waals surface area contributed by atoms with Crippen LogP contribution in [0, 0.1) is 10.1 Å². The van der Waals surface area contributed by atoms with Crippen LogP contribution in [-0.4, -0.2) is 41.5 Å². The zero-order chi connectivity index (χ0) is 20.5. The fraction of sp³-hybridized carbons (Fsp3) is 0.409. The summed E-state index contributed by atoms with van der Waals surface area (Å²) >= 11 is 0. The van der Waals surface area contributed by atoms with E-state index in [4.69, 9.17) is 0 Å². The summed E-state index contributed by atoms with van der Waals surface area (Å²) in [6.07, 6.45) is 2.13.